The number of nitrogens with one attached hydrogen (secondary N) is 1. The number of thioether (sulfide) groups is 2. The van der Waals surface area contributed by atoms with Gasteiger partial charge >= 0.3 is 12.1 Å². The highest BCUT2D eigenvalue weighted by molar-refractivity contribution is 8.01. The van der Waals surface area contributed by atoms with E-state index in [0.717, 1.165) is 11.3 Å². The molecule has 1 saturated heterocycles. The van der Waals surface area contributed by atoms with Crippen molar-refractivity contribution in [2.75, 3.05) is 23.8 Å². The number of primary amides is 1. The van der Waals surface area contributed by atoms with Crippen molar-refractivity contribution < 1.29 is 29.0 Å². The fourth-order valence-electron chi connectivity index (χ4n) is 3.46. The van der Waals surface area contributed by atoms with Gasteiger partial charge < -0.3 is 26.6 Å². The van der Waals surface area contributed by atoms with Crippen LogP contribution in [-0.2, 0) is 26.2 Å². The first kappa shape index (κ1) is 24.7. The summed E-state index contributed by atoms with van der Waals surface area (Å²) in [4.78, 5) is 54.2. The number of amides is 3. The molecule has 0 aromatic carbocycles. The van der Waals surface area contributed by atoms with E-state index in [-0.39, 0.29) is 22.3 Å². The number of anilines is 1. The van der Waals surface area contributed by atoms with Gasteiger partial charge in [0.25, 0.3) is 5.91 Å². The maximum absolute atomic E-state index is 13.0. The molecule has 0 bridgehead atoms. The van der Waals surface area contributed by atoms with Gasteiger partial charge in [-0.25, -0.2) is 19.3 Å². The lowest BCUT2D eigenvalue weighted by atomic mass is 10.0. The van der Waals surface area contributed by atoms with Crippen molar-refractivity contribution in [3.63, 3.8) is 0 Å². The predicted octanol–water partition coefficient (Wildman–Crippen LogP) is -1.04. The molecule has 15 nitrogen and oxygen atoms in total. The van der Waals surface area contributed by atoms with Crippen LogP contribution in [0.15, 0.2) is 21.8 Å². The van der Waals surface area contributed by atoms with E-state index in [4.69, 9.17) is 16.2 Å². The fourth-order valence-corrected chi connectivity index (χ4v) is 6.42. The Bertz CT molecular complexity index is 1210. The number of aromatic nitrogens is 5. The summed E-state index contributed by atoms with van der Waals surface area (Å²) in [7, 11) is 1.66. The van der Waals surface area contributed by atoms with Gasteiger partial charge in [-0.3, -0.25) is 14.5 Å². The average Bonchev–Trinajstić information content (AvgIpc) is 3.42. The number of carboxylic acid groups (broad SMARTS) is 1. The van der Waals surface area contributed by atoms with Gasteiger partial charge in [0.05, 0.1) is 5.69 Å². The third-order valence-corrected chi connectivity index (χ3v) is 8.24. The van der Waals surface area contributed by atoms with Gasteiger partial charge in [0.1, 0.15) is 29.6 Å². The number of aliphatic carboxylic acids is 1. The van der Waals surface area contributed by atoms with Gasteiger partial charge in [0.15, 0.2) is 5.13 Å². The highest BCUT2D eigenvalue weighted by Crippen LogP contribution is 2.41. The normalized spacial score (nSPS) is 20.1. The van der Waals surface area contributed by atoms with E-state index in [1.165, 1.54) is 38.5 Å². The maximum Gasteiger partial charge on any atom is 0.404 e. The van der Waals surface area contributed by atoms with Crippen LogP contribution in [0.4, 0.5) is 9.93 Å². The van der Waals surface area contributed by atoms with E-state index in [0.29, 0.717) is 16.5 Å². The molecule has 0 radical (unpaired) electrons. The number of hydrogen-bond donors (Lipinski definition) is 4. The SMILES string of the molecule is Cn1nnnc1SCC1=C(C(=O)O)N2C(=O)[C@@H](NC(=O)C(COC(N)=O)c3csc(N)n3)[C@@H]2SC1. The van der Waals surface area contributed by atoms with Crippen LogP contribution in [0, 0.1) is 0 Å². The summed E-state index contributed by atoms with van der Waals surface area (Å²) in [6.45, 7) is -0.397. The van der Waals surface area contributed by atoms with Crippen molar-refractivity contribution in [2.24, 2.45) is 12.8 Å². The number of hydrogen-bond acceptors (Lipinski definition) is 13. The summed E-state index contributed by atoms with van der Waals surface area (Å²) < 4.78 is 6.24. The number of ether oxygens (including phenoxy) is 1. The lowest BCUT2D eigenvalue weighted by Crippen LogP contribution is -2.71. The molecule has 2 aromatic heterocycles. The molecule has 3 atom stereocenters. The molecule has 186 valence electrons. The Balaban J connectivity index is 1.48. The molecule has 0 saturated carbocycles. The number of carbonyl (C=O) groups is 4. The fraction of sp³-hybridized carbons (Fsp3) is 0.412. The molecule has 6 N–H and O–H groups in total. The average molecular weight is 542 g/mol. The highest BCUT2D eigenvalue weighted by Gasteiger charge is 2.54. The molecule has 2 aromatic rings. The van der Waals surface area contributed by atoms with Gasteiger partial charge in [-0.05, 0) is 16.0 Å². The number of rotatable bonds is 9. The van der Waals surface area contributed by atoms with Crippen molar-refractivity contribution in [1.82, 2.24) is 35.4 Å². The Morgan fingerprint density at radius 1 is 1.43 bits per heavy atom. The molecule has 2 aliphatic rings. The van der Waals surface area contributed by atoms with E-state index in [9.17, 15) is 24.3 Å². The van der Waals surface area contributed by atoms with E-state index in [1.54, 1.807) is 7.05 Å². The molecule has 1 fully saturated rings. The molecule has 4 rings (SSSR count). The van der Waals surface area contributed by atoms with Crippen LogP contribution in [0.3, 0.4) is 0 Å². The zero-order chi connectivity index (χ0) is 25.3. The maximum atomic E-state index is 13.0. The van der Waals surface area contributed by atoms with Gasteiger partial charge in [0.2, 0.25) is 11.1 Å². The summed E-state index contributed by atoms with van der Waals surface area (Å²) in [6, 6.07) is -0.967. The third-order valence-electron chi connectivity index (χ3n) is 5.11. The molecule has 3 amide bonds. The van der Waals surface area contributed by atoms with E-state index >= 15 is 0 Å². The minimum Gasteiger partial charge on any atom is -0.477 e. The number of tetrazole rings is 1. The molecule has 0 spiro atoms. The first-order chi connectivity index (χ1) is 16.7. The van der Waals surface area contributed by atoms with E-state index in [1.807, 2.05) is 0 Å². The van der Waals surface area contributed by atoms with Crippen LogP contribution in [0.1, 0.15) is 11.6 Å². The number of carbonyl (C=O) groups excluding carboxylic acids is 3. The van der Waals surface area contributed by atoms with Crippen molar-refractivity contribution in [3.8, 4) is 0 Å². The van der Waals surface area contributed by atoms with E-state index in [2.05, 4.69) is 25.8 Å². The number of nitrogen functional groups attached to an aromatic ring is 1. The standard InChI is InChI=1S/C17H19N9O6S3/c1-25-17(22-23-24-25)35-4-6-3-33-13-9(12(28)26(13)10(6)14(29)30)21-11(27)7(2-32-16(19)31)8-5-34-15(18)20-8/h5,7,9,13H,2-4H2,1H3,(H2,18,20)(H2,19,31)(H,21,27)(H,29,30)/t7?,9-,13+/m1/s1. The summed E-state index contributed by atoms with van der Waals surface area (Å²) in [5.74, 6) is -2.89. The number of carboxylic acids is 1. The Labute approximate surface area is 209 Å². The Hall–Kier alpha value is -3.38. The molecule has 0 aliphatic carbocycles. The molecule has 18 heteroatoms. The van der Waals surface area contributed by atoms with Crippen LogP contribution in [0.25, 0.3) is 0 Å². The lowest BCUT2D eigenvalue weighted by Gasteiger charge is -2.49. The lowest BCUT2D eigenvalue weighted by molar-refractivity contribution is -0.151. The van der Waals surface area contributed by atoms with Crippen molar-refractivity contribution in [2.45, 2.75) is 22.5 Å². The number of fused-ring (bicyclic) bond motifs is 1. The molecule has 35 heavy (non-hydrogen) atoms. The zero-order valence-corrected chi connectivity index (χ0v) is 20.4. The molecule has 2 aliphatic heterocycles. The number of nitrogens with zero attached hydrogens (tertiary/aromatic N) is 6. The van der Waals surface area contributed by atoms with Crippen LogP contribution in [0.5, 0.6) is 0 Å². The minimum absolute atomic E-state index is 0.118. The predicted molar refractivity (Wildman–Crippen MR) is 124 cm³/mol. The van der Waals surface area contributed by atoms with Crippen molar-refractivity contribution in [1.29, 1.82) is 0 Å². The second-order valence-corrected chi connectivity index (χ2v) is 10.3. The smallest absolute Gasteiger partial charge is 0.404 e. The summed E-state index contributed by atoms with van der Waals surface area (Å²) in [5.41, 5.74) is 11.3. The Morgan fingerprint density at radius 2 is 2.20 bits per heavy atom. The van der Waals surface area contributed by atoms with Gasteiger partial charge in [0, 0.05) is 23.9 Å². The first-order valence-electron chi connectivity index (χ1n) is 9.86. The summed E-state index contributed by atoms with van der Waals surface area (Å²) >= 11 is 3.67. The van der Waals surface area contributed by atoms with Crippen LogP contribution >= 0.6 is 34.9 Å². The quantitative estimate of drug-likeness (QED) is 0.220. The summed E-state index contributed by atoms with van der Waals surface area (Å²) in [5, 5.41) is 25.2. The Kier molecular flexibility index (Phi) is 7.13. The summed E-state index contributed by atoms with van der Waals surface area (Å²) in [6.07, 6.45) is -1.07. The minimum atomic E-state index is -1.24. The topological polar surface area (TPSA) is 222 Å². The number of nitrogens with two attached hydrogens (primary N) is 2. The van der Waals surface area contributed by atoms with Crippen molar-refractivity contribution in [3.05, 3.63) is 22.3 Å². The molecular formula is C17H19N9O6S3. The number of β-lactam (4-membered cyclic amide) rings is 1. The second kappa shape index (κ2) is 10.1. The van der Waals surface area contributed by atoms with Gasteiger partial charge in [-0.15, -0.1) is 28.2 Å². The second-order valence-electron chi connectivity index (χ2n) is 7.32. The monoisotopic (exact) mass is 541 g/mol. The van der Waals surface area contributed by atoms with Gasteiger partial charge in [-0.2, -0.15) is 0 Å². The molecular weight excluding hydrogens is 522 g/mol. The largest absolute Gasteiger partial charge is 0.477 e. The molecule has 1 unspecified atom stereocenters. The number of thiazole rings is 1. The Morgan fingerprint density at radius 3 is 2.80 bits per heavy atom. The van der Waals surface area contributed by atoms with Crippen molar-refractivity contribution >= 4 is 63.9 Å². The first-order valence-corrected chi connectivity index (χ1v) is 12.8. The van der Waals surface area contributed by atoms with Crippen LogP contribution in [0.2, 0.25) is 0 Å². The highest BCUT2D eigenvalue weighted by atomic mass is 32.2. The van der Waals surface area contributed by atoms with E-state index < -0.39 is 47.8 Å². The zero-order valence-electron chi connectivity index (χ0n) is 18.0. The number of aryl methyl sites for hydroxylation is 1. The van der Waals surface area contributed by atoms with Crippen LogP contribution < -0.4 is 16.8 Å². The van der Waals surface area contributed by atoms with Gasteiger partial charge in [-0.1, -0.05) is 11.8 Å². The third kappa shape index (κ3) is 5.03. The molecule has 4 heterocycles. The van der Waals surface area contributed by atoms with Crippen LogP contribution in [-0.4, -0.2) is 88.6 Å².